The zero-order valence-electron chi connectivity index (χ0n) is 6.92. The summed E-state index contributed by atoms with van der Waals surface area (Å²) < 4.78 is 0.765. The highest BCUT2D eigenvalue weighted by atomic mass is 79.9. The third kappa shape index (κ3) is 1.52. The first kappa shape index (κ1) is 8.52. The Kier molecular flexibility index (Phi) is 1.97. The Labute approximate surface area is 84.7 Å². The predicted octanol–water partition coefficient (Wildman–Crippen LogP) is 2.18. The smallest absolute Gasteiger partial charge is 0.164 e. The third-order valence-corrected chi connectivity index (χ3v) is 2.79. The molecule has 0 spiro atoms. The summed E-state index contributed by atoms with van der Waals surface area (Å²) in [6.07, 6.45) is 2.40. The molecule has 1 fully saturated rings. The van der Waals surface area contributed by atoms with E-state index in [1.165, 1.54) is 12.8 Å². The number of anilines is 1. The number of hydrogen-bond donors (Lipinski definition) is 1. The second-order valence-corrected chi connectivity index (χ2v) is 3.94. The molecule has 2 N–H and O–H groups in total. The second kappa shape index (κ2) is 3.00. The van der Waals surface area contributed by atoms with Crippen molar-refractivity contribution in [3.05, 3.63) is 21.9 Å². The van der Waals surface area contributed by atoms with E-state index in [9.17, 15) is 0 Å². The SMILES string of the molecule is N#Cc1nc(Br)c(C2CC2)cc1N. The normalized spacial score (nSPS) is 15.4. The summed E-state index contributed by atoms with van der Waals surface area (Å²) in [6, 6.07) is 3.81. The van der Waals surface area contributed by atoms with Crippen molar-refractivity contribution >= 4 is 21.6 Å². The molecule has 0 saturated heterocycles. The third-order valence-electron chi connectivity index (χ3n) is 2.16. The summed E-state index contributed by atoms with van der Waals surface area (Å²) in [6.45, 7) is 0. The zero-order chi connectivity index (χ0) is 9.42. The van der Waals surface area contributed by atoms with E-state index in [1.54, 1.807) is 0 Å². The lowest BCUT2D eigenvalue weighted by Crippen LogP contribution is -1.97. The molecule has 0 aliphatic heterocycles. The number of pyridine rings is 1. The van der Waals surface area contributed by atoms with Crippen molar-refractivity contribution in [2.45, 2.75) is 18.8 Å². The first-order valence-corrected chi connectivity index (χ1v) is 4.87. The van der Waals surface area contributed by atoms with Gasteiger partial charge in [-0.3, -0.25) is 0 Å². The molecule has 1 heterocycles. The van der Waals surface area contributed by atoms with Crippen LogP contribution in [0.15, 0.2) is 10.7 Å². The monoisotopic (exact) mass is 237 g/mol. The molecule has 0 radical (unpaired) electrons. The molecule has 66 valence electrons. The minimum Gasteiger partial charge on any atom is -0.396 e. The number of aromatic nitrogens is 1. The summed E-state index contributed by atoms with van der Waals surface area (Å²) in [5.41, 5.74) is 7.58. The van der Waals surface area contributed by atoms with Crippen LogP contribution < -0.4 is 5.73 Å². The molecule has 0 aromatic carbocycles. The van der Waals surface area contributed by atoms with E-state index in [1.807, 2.05) is 12.1 Å². The molecule has 2 rings (SSSR count). The number of hydrogen-bond acceptors (Lipinski definition) is 3. The van der Waals surface area contributed by atoms with Gasteiger partial charge >= 0.3 is 0 Å². The number of nitrogens with zero attached hydrogens (tertiary/aromatic N) is 2. The van der Waals surface area contributed by atoms with Crippen LogP contribution in [0, 0.1) is 11.3 Å². The van der Waals surface area contributed by atoms with E-state index in [0.29, 0.717) is 17.3 Å². The standard InChI is InChI=1S/C9H8BrN3/c10-9-6(5-1-2-5)3-7(12)8(4-11)13-9/h3,5H,1-2,12H2. The summed E-state index contributed by atoms with van der Waals surface area (Å²) in [7, 11) is 0. The average Bonchev–Trinajstić information content (AvgIpc) is 2.91. The molecular weight excluding hydrogens is 230 g/mol. The van der Waals surface area contributed by atoms with Gasteiger partial charge < -0.3 is 5.73 Å². The van der Waals surface area contributed by atoms with E-state index in [2.05, 4.69) is 20.9 Å². The van der Waals surface area contributed by atoms with E-state index < -0.39 is 0 Å². The van der Waals surface area contributed by atoms with Gasteiger partial charge in [-0.05, 0) is 46.3 Å². The lowest BCUT2D eigenvalue weighted by molar-refractivity contribution is 1.06. The van der Waals surface area contributed by atoms with E-state index in [0.717, 1.165) is 10.2 Å². The second-order valence-electron chi connectivity index (χ2n) is 3.19. The fourth-order valence-corrected chi connectivity index (χ4v) is 1.91. The Morgan fingerprint density at radius 2 is 2.31 bits per heavy atom. The molecule has 1 aliphatic carbocycles. The maximum Gasteiger partial charge on any atom is 0.164 e. The van der Waals surface area contributed by atoms with Gasteiger partial charge in [-0.25, -0.2) is 4.98 Å². The molecule has 4 heteroatoms. The van der Waals surface area contributed by atoms with Crippen LogP contribution in [0.3, 0.4) is 0 Å². The quantitative estimate of drug-likeness (QED) is 0.762. The van der Waals surface area contributed by atoms with E-state index in [4.69, 9.17) is 11.0 Å². The molecule has 1 aromatic heterocycles. The fourth-order valence-electron chi connectivity index (χ4n) is 1.29. The number of nitrogens with two attached hydrogens (primary N) is 1. The van der Waals surface area contributed by atoms with Crippen molar-refractivity contribution in [1.82, 2.24) is 4.98 Å². The Bertz CT molecular complexity index is 391. The summed E-state index contributed by atoms with van der Waals surface area (Å²) in [5.74, 6) is 0.594. The summed E-state index contributed by atoms with van der Waals surface area (Å²) in [4.78, 5) is 4.08. The largest absolute Gasteiger partial charge is 0.396 e. The van der Waals surface area contributed by atoms with Gasteiger partial charge in [0, 0.05) is 0 Å². The lowest BCUT2D eigenvalue weighted by atomic mass is 10.1. The fraction of sp³-hybridized carbons (Fsp3) is 0.333. The minimum absolute atomic E-state index is 0.302. The van der Waals surface area contributed by atoms with Gasteiger partial charge in [0.2, 0.25) is 0 Å². The lowest BCUT2D eigenvalue weighted by Gasteiger charge is -2.03. The van der Waals surface area contributed by atoms with Gasteiger partial charge in [0.15, 0.2) is 5.69 Å². The van der Waals surface area contributed by atoms with E-state index >= 15 is 0 Å². The average molecular weight is 238 g/mol. The molecule has 1 aliphatic rings. The Morgan fingerprint density at radius 3 is 2.85 bits per heavy atom. The van der Waals surface area contributed by atoms with Crippen molar-refractivity contribution < 1.29 is 0 Å². The highest BCUT2D eigenvalue weighted by Crippen LogP contribution is 2.43. The van der Waals surface area contributed by atoms with Crippen LogP contribution in [-0.2, 0) is 0 Å². The van der Waals surface area contributed by atoms with Gasteiger partial charge in [0.1, 0.15) is 10.7 Å². The maximum absolute atomic E-state index is 8.67. The summed E-state index contributed by atoms with van der Waals surface area (Å²) >= 11 is 3.34. The number of halogens is 1. The highest BCUT2D eigenvalue weighted by molar-refractivity contribution is 9.10. The van der Waals surface area contributed by atoms with Gasteiger partial charge in [0.05, 0.1) is 5.69 Å². The van der Waals surface area contributed by atoms with Crippen molar-refractivity contribution in [1.29, 1.82) is 5.26 Å². The van der Waals surface area contributed by atoms with Gasteiger partial charge in [-0.1, -0.05) is 0 Å². The first-order valence-electron chi connectivity index (χ1n) is 4.08. The number of rotatable bonds is 1. The molecule has 1 aromatic rings. The van der Waals surface area contributed by atoms with Crippen LogP contribution in [0.1, 0.15) is 30.0 Å². The molecular formula is C9H8BrN3. The number of nitriles is 1. The molecule has 0 unspecified atom stereocenters. The Morgan fingerprint density at radius 1 is 1.62 bits per heavy atom. The van der Waals surface area contributed by atoms with Crippen LogP contribution in [-0.4, -0.2) is 4.98 Å². The number of nitrogen functional groups attached to an aromatic ring is 1. The van der Waals surface area contributed by atoms with Crippen molar-refractivity contribution in [2.24, 2.45) is 0 Å². The van der Waals surface area contributed by atoms with Crippen molar-refractivity contribution in [2.75, 3.05) is 5.73 Å². The zero-order valence-corrected chi connectivity index (χ0v) is 8.50. The minimum atomic E-state index is 0.302. The van der Waals surface area contributed by atoms with Crippen LogP contribution in [0.5, 0.6) is 0 Å². The predicted molar refractivity (Wildman–Crippen MR) is 53.0 cm³/mol. The van der Waals surface area contributed by atoms with Crippen LogP contribution in [0.2, 0.25) is 0 Å². The first-order chi connectivity index (χ1) is 6.22. The van der Waals surface area contributed by atoms with Crippen molar-refractivity contribution in [3.63, 3.8) is 0 Å². The Balaban J connectivity index is 2.50. The van der Waals surface area contributed by atoms with Gasteiger partial charge in [-0.2, -0.15) is 5.26 Å². The topological polar surface area (TPSA) is 62.7 Å². The van der Waals surface area contributed by atoms with Crippen LogP contribution in [0.25, 0.3) is 0 Å². The van der Waals surface area contributed by atoms with Crippen LogP contribution in [0.4, 0.5) is 5.69 Å². The van der Waals surface area contributed by atoms with Gasteiger partial charge in [0.25, 0.3) is 0 Å². The van der Waals surface area contributed by atoms with E-state index in [-0.39, 0.29) is 0 Å². The molecule has 0 bridgehead atoms. The van der Waals surface area contributed by atoms with Crippen LogP contribution >= 0.6 is 15.9 Å². The molecule has 13 heavy (non-hydrogen) atoms. The molecule has 1 saturated carbocycles. The van der Waals surface area contributed by atoms with Gasteiger partial charge in [-0.15, -0.1) is 0 Å². The molecule has 0 atom stereocenters. The van der Waals surface area contributed by atoms with Crippen molar-refractivity contribution in [3.8, 4) is 6.07 Å². The summed E-state index contributed by atoms with van der Waals surface area (Å²) in [5, 5.41) is 8.67. The highest BCUT2D eigenvalue weighted by Gasteiger charge is 2.27. The maximum atomic E-state index is 8.67. The Hall–Kier alpha value is -1.08. The molecule has 3 nitrogen and oxygen atoms in total. The molecule has 0 amide bonds.